The lowest BCUT2D eigenvalue weighted by molar-refractivity contribution is 0.174. The molecule has 33 heavy (non-hydrogen) atoms. The lowest BCUT2D eigenvalue weighted by atomic mass is 10.1. The third kappa shape index (κ3) is 2.63. The number of fused-ring (bicyclic) bond motifs is 4. The number of aryl methyl sites for hydroxylation is 1. The lowest BCUT2D eigenvalue weighted by Gasteiger charge is -2.10. The van der Waals surface area contributed by atoms with E-state index in [4.69, 9.17) is 19.2 Å². The number of imidazole rings is 2. The van der Waals surface area contributed by atoms with E-state index in [1.807, 2.05) is 53.2 Å². The largest absolute Gasteiger partial charge is 0.497 e. The average Bonchev–Trinajstić information content (AvgIpc) is 3.54. The van der Waals surface area contributed by atoms with E-state index < -0.39 is 11.2 Å². The molecule has 1 aliphatic heterocycles. The van der Waals surface area contributed by atoms with Crippen LogP contribution in [0.2, 0.25) is 0 Å². The van der Waals surface area contributed by atoms with Gasteiger partial charge in [-0.05, 0) is 42.5 Å². The van der Waals surface area contributed by atoms with Crippen molar-refractivity contribution in [2.24, 2.45) is 14.1 Å². The molecule has 2 aromatic carbocycles. The van der Waals surface area contributed by atoms with Gasteiger partial charge in [0.05, 0.1) is 12.8 Å². The normalized spacial score (nSPS) is 12.7. The Labute approximate surface area is 186 Å². The Morgan fingerprint density at radius 2 is 1.73 bits per heavy atom. The zero-order valence-electron chi connectivity index (χ0n) is 18.1. The summed E-state index contributed by atoms with van der Waals surface area (Å²) in [5, 5.41) is 0. The Balaban J connectivity index is 1.72. The van der Waals surface area contributed by atoms with Gasteiger partial charge in [0, 0.05) is 31.5 Å². The summed E-state index contributed by atoms with van der Waals surface area (Å²) in [5.41, 5.74) is 2.26. The minimum Gasteiger partial charge on any atom is -0.497 e. The topological polar surface area (TPSA) is 93.9 Å². The van der Waals surface area contributed by atoms with Gasteiger partial charge in [-0.3, -0.25) is 22.9 Å². The van der Waals surface area contributed by atoms with Crippen LogP contribution in [0, 0.1) is 0 Å². The lowest BCUT2D eigenvalue weighted by Crippen LogP contribution is -2.37. The monoisotopic (exact) mass is 445 g/mol. The first-order chi connectivity index (χ1) is 16.0. The van der Waals surface area contributed by atoms with Crippen molar-refractivity contribution in [3.63, 3.8) is 0 Å². The number of methoxy groups -OCH3 is 1. The maximum atomic E-state index is 13.0. The van der Waals surface area contributed by atoms with Crippen molar-refractivity contribution in [2.45, 2.75) is 0 Å². The first-order valence-electron chi connectivity index (χ1n) is 10.2. The molecule has 3 aromatic heterocycles. The van der Waals surface area contributed by atoms with Crippen molar-refractivity contribution in [3.05, 3.63) is 69.5 Å². The van der Waals surface area contributed by atoms with Crippen LogP contribution in [0.15, 0.2) is 58.3 Å². The third-order valence-corrected chi connectivity index (χ3v) is 5.96. The van der Waals surface area contributed by atoms with E-state index in [0.29, 0.717) is 28.4 Å². The molecule has 0 radical (unpaired) electrons. The van der Waals surface area contributed by atoms with Crippen LogP contribution in [0.5, 0.6) is 17.2 Å². The molecule has 0 N–H and O–H groups in total. The summed E-state index contributed by atoms with van der Waals surface area (Å²) in [6.07, 6.45) is 1.85. The van der Waals surface area contributed by atoms with E-state index in [-0.39, 0.29) is 6.79 Å². The van der Waals surface area contributed by atoms with E-state index in [1.165, 1.54) is 11.6 Å². The van der Waals surface area contributed by atoms with Crippen molar-refractivity contribution in [1.29, 1.82) is 0 Å². The standard InChI is InChI=1S/C23H19N5O5/c1-25-20-19(21(29)26(2)23(25)30)27-11-16(13-4-9-17-18(10-13)33-12-32-17)28(22(27)24-20)14-5-7-15(31-3)8-6-14/h4-11H,12H2,1-3H3. The number of ether oxygens (including phenoxy) is 3. The molecule has 0 spiro atoms. The Morgan fingerprint density at radius 3 is 2.48 bits per heavy atom. The van der Waals surface area contributed by atoms with Gasteiger partial charge in [-0.15, -0.1) is 0 Å². The molecule has 166 valence electrons. The van der Waals surface area contributed by atoms with E-state index in [2.05, 4.69) is 0 Å². The van der Waals surface area contributed by atoms with Crippen LogP contribution in [0.1, 0.15) is 0 Å². The van der Waals surface area contributed by atoms with Crippen molar-refractivity contribution in [2.75, 3.05) is 13.9 Å². The summed E-state index contributed by atoms with van der Waals surface area (Å²) >= 11 is 0. The van der Waals surface area contributed by atoms with E-state index in [9.17, 15) is 9.59 Å². The second-order valence-electron chi connectivity index (χ2n) is 7.78. The maximum absolute atomic E-state index is 13.0. The highest BCUT2D eigenvalue weighted by Gasteiger charge is 2.23. The van der Waals surface area contributed by atoms with Gasteiger partial charge in [0.15, 0.2) is 22.7 Å². The third-order valence-electron chi connectivity index (χ3n) is 5.96. The molecule has 0 atom stereocenters. The van der Waals surface area contributed by atoms with Gasteiger partial charge in [-0.25, -0.2) is 4.79 Å². The summed E-state index contributed by atoms with van der Waals surface area (Å²) < 4.78 is 22.4. The van der Waals surface area contributed by atoms with Crippen molar-refractivity contribution in [3.8, 4) is 34.2 Å². The fourth-order valence-corrected chi connectivity index (χ4v) is 4.22. The van der Waals surface area contributed by atoms with Crippen LogP contribution >= 0.6 is 0 Å². The molecule has 10 heteroatoms. The highest BCUT2D eigenvalue weighted by molar-refractivity contribution is 5.80. The highest BCUT2D eigenvalue weighted by Crippen LogP contribution is 2.37. The molecule has 0 saturated heterocycles. The number of hydrogen-bond donors (Lipinski definition) is 0. The van der Waals surface area contributed by atoms with Gasteiger partial charge >= 0.3 is 5.69 Å². The fraction of sp³-hybridized carbons (Fsp3) is 0.174. The number of benzene rings is 2. The van der Waals surface area contributed by atoms with Crippen molar-refractivity contribution < 1.29 is 14.2 Å². The number of hydrogen-bond acceptors (Lipinski definition) is 6. The summed E-state index contributed by atoms with van der Waals surface area (Å²) in [7, 11) is 4.67. The average molecular weight is 445 g/mol. The molecule has 0 unspecified atom stereocenters. The minimum absolute atomic E-state index is 0.177. The summed E-state index contributed by atoms with van der Waals surface area (Å²) in [6.45, 7) is 0.177. The molecular formula is C23H19N5O5. The van der Waals surface area contributed by atoms with E-state index in [0.717, 1.165) is 27.3 Å². The molecule has 4 heterocycles. The number of rotatable bonds is 3. The van der Waals surface area contributed by atoms with Gasteiger partial charge < -0.3 is 14.2 Å². The van der Waals surface area contributed by atoms with Gasteiger partial charge in [-0.1, -0.05) is 0 Å². The van der Waals surface area contributed by atoms with Crippen molar-refractivity contribution >= 4 is 16.9 Å². The predicted octanol–water partition coefficient (Wildman–Crippen LogP) is 2.08. The van der Waals surface area contributed by atoms with Crippen LogP contribution < -0.4 is 25.5 Å². The van der Waals surface area contributed by atoms with Crippen molar-refractivity contribution in [1.82, 2.24) is 23.1 Å². The Kier molecular flexibility index (Phi) is 3.94. The summed E-state index contributed by atoms with van der Waals surface area (Å²) in [6, 6.07) is 13.2. The Hall–Kier alpha value is -4.47. The molecule has 6 rings (SSSR count). The summed E-state index contributed by atoms with van der Waals surface area (Å²) in [4.78, 5) is 30.2. The van der Waals surface area contributed by atoms with Crippen LogP contribution in [-0.4, -0.2) is 37.0 Å². The van der Waals surface area contributed by atoms with E-state index >= 15 is 0 Å². The molecule has 5 aromatic rings. The zero-order valence-corrected chi connectivity index (χ0v) is 18.1. The molecule has 0 saturated carbocycles. The second kappa shape index (κ2) is 6.76. The molecule has 0 amide bonds. The Morgan fingerprint density at radius 1 is 0.970 bits per heavy atom. The zero-order chi connectivity index (χ0) is 22.9. The number of aromatic nitrogens is 5. The molecule has 0 aliphatic carbocycles. The molecule has 10 nitrogen and oxygen atoms in total. The van der Waals surface area contributed by atoms with Gasteiger partial charge in [0.1, 0.15) is 5.75 Å². The van der Waals surface area contributed by atoms with Crippen LogP contribution in [0.3, 0.4) is 0 Å². The van der Waals surface area contributed by atoms with E-state index in [1.54, 1.807) is 18.6 Å². The van der Waals surface area contributed by atoms with Gasteiger partial charge in [-0.2, -0.15) is 4.98 Å². The smallest absolute Gasteiger partial charge is 0.332 e. The first kappa shape index (κ1) is 19.2. The fourth-order valence-electron chi connectivity index (χ4n) is 4.22. The number of nitrogens with zero attached hydrogens (tertiary/aromatic N) is 5. The molecule has 0 bridgehead atoms. The van der Waals surface area contributed by atoms with Crippen LogP contribution in [-0.2, 0) is 14.1 Å². The van der Waals surface area contributed by atoms with Gasteiger partial charge in [0.25, 0.3) is 5.56 Å². The molecule has 0 fully saturated rings. The Bertz CT molecular complexity index is 1690. The predicted molar refractivity (Wildman–Crippen MR) is 121 cm³/mol. The SMILES string of the molecule is COc1ccc(-n2c(-c3ccc4c(c3)OCO4)cn3c4c(=O)n(C)c(=O)n(C)c4nc23)cc1. The second-order valence-corrected chi connectivity index (χ2v) is 7.78. The molecule has 1 aliphatic rings. The minimum atomic E-state index is -0.430. The quantitative estimate of drug-likeness (QED) is 0.422. The van der Waals surface area contributed by atoms with Crippen LogP contribution in [0.25, 0.3) is 33.9 Å². The highest BCUT2D eigenvalue weighted by atomic mass is 16.7. The van der Waals surface area contributed by atoms with Crippen LogP contribution in [0.4, 0.5) is 0 Å². The van der Waals surface area contributed by atoms with Gasteiger partial charge in [0.2, 0.25) is 12.6 Å². The first-order valence-corrected chi connectivity index (χ1v) is 10.2. The summed E-state index contributed by atoms with van der Waals surface area (Å²) in [5.74, 6) is 2.55. The molecular weight excluding hydrogens is 426 g/mol. The maximum Gasteiger partial charge on any atom is 0.332 e.